The van der Waals surface area contributed by atoms with E-state index in [2.05, 4.69) is 60.2 Å². The van der Waals surface area contributed by atoms with E-state index >= 15 is 0 Å². The van der Waals surface area contributed by atoms with Crippen LogP contribution < -0.4 is 10.2 Å². The van der Waals surface area contributed by atoms with E-state index in [1.54, 1.807) is 0 Å². The topological polar surface area (TPSA) is 41.1 Å². The summed E-state index contributed by atoms with van der Waals surface area (Å²) in [6.45, 7) is 7.56. The Balaban J connectivity index is 1.84. The third-order valence-electron chi connectivity index (χ3n) is 4.52. The van der Waals surface area contributed by atoms with Crippen molar-refractivity contribution in [2.24, 2.45) is 0 Å². The van der Waals surface area contributed by atoms with E-state index < -0.39 is 0 Å². The van der Waals surface area contributed by atoms with Crippen LogP contribution in [0.15, 0.2) is 36.5 Å². The van der Waals surface area contributed by atoms with Gasteiger partial charge < -0.3 is 10.2 Å². The van der Waals surface area contributed by atoms with E-state index in [0.29, 0.717) is 12.1 Å². The van der Waals surface area contributed by atoms with Gasteiger partial charge >= 0.3 is 0 Å². The van der Waals surface area contributed by atoms with Crippen LogP contribution in [0.4, 0.5) is 11.8 Å². The second kappa shape index (κ2) is 6.34. The third-order valence-corrected chi connectivity index (χ3v) is 4.52. The zero-order chi connectivity index (χ0) is 15.5. The van der Waals surface area contributed by atoms with Crippen molar-refractivity contribution in [1.29, 1.82) is 0 Å². The summed E-state index contributed by atoms with van der Waals surface area (Å²) in [5.74, 6) is 1.72. The van der Waals surface area contributed by atoms with Crippen LogP contribution in [0.2, 0.25) is 0 Å². The molecule has 0 fully saturated rings. The zero-order valence-corrected chi connectivity index (χ0v) is 13.6. The molecule has 0 amide bonds. The maximum atomic E-state index is 4.71. The minimum absolute atomic E-state index is 0.344. The Morgan fingerprint density at radius 3 is 2.95 bits per heavy atom. The van der Waals surface area contributed by atoms with Crippen LogP contribution in [-0.2, 0) is 6.42 Å². The van der Waals surface area contributed by atoms with Gasteiger partial charge in [-0.05, 0) is 43.9 Å². The number of fused-ring (bicyclic) bond motifs is 1. The number of aromatic nitrogens is 2. The smallest absolute Gasteiger partial charge is 0.224 e. The van der Waals surface area contributed by atoms with Crippen molar-refractivity contribution >= 4 is 11.8 Å². The van der Waals surface area contributed by atoms with Gasteiger partial charge in [-0.2, -0.15) is 4.98 Å². The predicted octanol–water partition coefficient (Wildman–Crippen LogP) is 3.81. The molecule has 0 radical (unpaired) electrons. The monoisotopic (exact) mass is 296 g/mol. The van der Waals surface area contributed by atoms with Gasteiger partial charge in [-0.3, -0.25) is 0 Å². The Hall–Kier alpha value is -2.10. The fourth-order valence-corrected chi connectivity index (χ4v) is 2.99. The molecule has 0 unspecified atom stereocenters. The maximum Gasteiger partial charge on any atom is 0.224 e. The fraction of sp³-hybridized carbons (Fsp3) is 0.444. The van der Waals surface area contributed by atoms with Crippen LogP contribution in [0.1, 0.15) is 44.4 Å². The van der Waals surface area contributed by atoms with Crippen LogP contribution in [0.25, 0.3) is 0 Å². The molecule has 3 rings (SSSR count). The summed E-state index contributed by atoms with van der Waals surface area (Å²) >= 11 is 0. The summed E-state index contributed by atoms with van der Waals surface area (Å²) in [6.07, 6.45) is 3.97. The molecule has 22 heavy (non-hydrogen) atoms. The first-order valence-electron chi connectivity index (χ1n) is 8.13. The highest BCUT2D eigenvalue weighted by Crippen LogP contribution is 2.32. The molecule has 1 aromatic carbocycles. The summed E-state index contributed by atoms with van der Waals surface area (Å²) in [4.78, 5) is 11.4. The van der Waals surface area contributed by atoms with Gasteiger partial charge in [-0.15, -0.1) is 0 Å². The molecule has 1 N–H and O–H groups in total. The molecule has 1 aliphatic rings. The fourth-order valence-electron chi connectivity index (χ4n) is 2.99. The highest BCUT2D eigenvalue weighted by molar-refractivity contribution is 5.49. The van der Waals surface area contributed by atoms with E-state index in [-0.39, 0.29) is 0 Å². The Bertz CT molecular complexity index is 640. The molecule has 0 saturated carbocycles. The Labute approximate surface area is 132 Å². The van der Waals surface area contributed by atoms with Crippen molar-refractivity contribution in [2.45, 2.75) is 45.7 Å². The first-order chi connectivity index (χ1) is 10.7. The zero-order valence-electron chi connectivity index (χ0n) is 13.6. The molecule has 0 aliphatic carbocycles. The summed E-state index contributed by atoms with van der Waals surface area (Å²) in [6, 6.07) is 11.4. The lowest BCUT2D eigenvalue weighted by Crippen LogP contribution is -2.34. The van der Waals surface area contributed by atoms with Gasteiger partial charge in [0.2, 0.25) is 5.95 Å². The largest absolute Gasteiger partial charge is 0.352 e. The normalized spacial score (nSPS) is 18.7. The van der Waals surface area contributed by atoms with E-state index in [1.807, 2.05) is 12.3 Å². The Kier molecular flexibility index (Phi) is 4.27. The second-order valence-corrected chi connectivity index (χ2v) is 6.01. The highest BCUT2D eigenvalue weighted by atomic mass is 15.2. The lowest BCUT2D eigenvalue weighted by molar-refractivity contribution is 0.616. The minimum atomic E-state index is 0.344. The molecular formula is C18H24N4. The number of anilines is 2. The Morgan fingerprint density at radius 2 is 2.14 bits per heavy atom. The van der Waals surface area contributed by atoms with Crippen molar-refractivity contribution in [2.75, 3.05) is 16.8 Å². The minimum Gasteiger partial charge on any atom is -0.352 e. The van der Waals surface area contributed by atoms with Crippen molar-refractivity contribution in [3.8, 4) is 0 Å². The molecule has 0 saturated heterocycles. The Morgan fingerprint density at radius 1 is 1.32 bits per heavy atom. The van der Waals surface area contributed by atoms with Gasteiger partial charge in [0.25, 0.3) is 0 Å². The average Bonchev–Trinajstić information content (AvgIpc) is 2.55. The average molecular weight is 296 g/mol. The first-order valence-corrected chi connectivity index (χ1v) is 8.13. The van der Waals surface area contributed by atoms with E-state index in [9.17, 15) is 0 Å². The maximum absolute atomic E-state index is 4.71. The van der Waals surface area contributed by atoms with Crippen molar-refractivity contribution < 1.29 is 0 Å². The number of nitrogens with zero attached hydrogens (tertiary/aromatic N) is 3. The lowest BCUT2D eigenvalue weighted by atomic mass is 9.94. The van der Waals surface area contributed by atoms with Gasteiger partial charge in [0.05, 0.1) is 6.04 Å². The van der Waals surface area contributed by atoms with Crippen LogP contribution >= 0.6 is 0 Å². The van der Waals surface area contributed by atoms with Crippen LogP contribution in [-0.4, -0.2) is 22.6 Å². The van der Waals surface area contributed by atoms with Gasteiger partial charge in [0.15, 0.2) is 0 Å². The van der Waals surface area contributed by atoms with Crippen molar-refractivity contribution in [1.82, 2.24) is 9.97 Å². The number of hydrogen-bond acceptors (Lipinski definition) is 4. The SMILES string of the molecule is CC[C@H](C)Nc1nccc(N2CCc3ccccc3[C@@H]2C)n1. The second-order valence-electron chi connectivity index (χ2n) is 6.01. The van der Waals surface area contributed by atoms with Gasteiger partial charge in [-0.1, -0.05) is 31.2 Å². The van der Waals surface area contributed by atoms with E-state index in [4.69, 9.17) is 4.98 Å². The molecule has 2 atom stereocenters. The molecule has 1 aliphatic heterocycles. The summed E-state index contributed by atoms with van der Waals surface area (Å²) < 4.78 is 0. The lowest BCUT2D eigenvalue weighted by Gasteiger charge is -2.36. The first kappa shape index (κ1) is 14.8. The molecule has 2 heterocycles. The van der Waals surface area contributed by atoms with Crippen LogP contribution in [0.5, 0.6) is 0 Å². The predicted molar refractivity (Wildman–Crippen MR) is 91.3 cm³/mol. The number of hydrogen-bond donors (Lipinski definition) is 1. The summed E-state index contributed by atoms with van der Waals surface area (Å²) in [5, 5.41) is 3.36. The van der Waals surface area contributed by atoms with Crippen molar-refractivity contribution in [3.63, 3.8) is 0 Å². The molecule has 0 bridgehead atoms. The van der Waals surface area contributed by atoms with Gasteiger partial charge in [0, 0.05) is 18.8 Å². The highest BCUT2D eigenvalue weighted by Gasteiger charge is 2.24. The molecule has 1 aromatic heterocycles. The van der Waals surface area contributed by atoms with E-state index in [1.165, 1.54) is 11.1 Å². The molecule has 0 spiro atoms. The van der Waals surface area contributed by atoms with Gasteiger partial charge in [0.1, 0.15) is 5.82 Å². The third kappa shape index (κ3) is 2.91. The molecule has 4 nitrogen and oxygen atoms in total. The molecule has 2 aromatic rings. The van der Waals surface area contributed by atoms with Crippen LogP contribution in [0.3, 0.4) is 0 Å². The van der Waals surface area contributed by atoms with Gasteiger partial charge in [-0.25, -0.2) is 4.98 Å². The summed E-state index contributed by atoms with van der Waals surface area (Å²) in [7, 11) is 0. The number of rotatable bonds is 4. The quantitative estimate of drug-likeness (QED) is 0.931. The van der Waals surface area contributed by atoms with Crippen LogP contribution in [0, 0.1) is 0 Å². The number of benzene rings is 1. The molecular weight excluding hydrogens is 272 g/mol. The standard InChI is InChI=1S/C18H24N4/c1-4-13(2)20-18-19-11-9-17(21-18)22-12-10-15-7-5-6-8-16(15)14(22)3/h5-9,11,13-14H,4,10,12H2,1-3H3,(H,19,20,21)/t13-,14-/m0/s1. The van der Waals surface area contributed by atoms with Crippen molar-refractivity contribution in [3.05, 3.63) is 47.7 Å². The molecule has 4 heteroatoms. The molecule has 116 valence electrons. The summed E-state index contributed by atoms with van der Waals surface area (Å²) in [5.41, 5.74) is 2.86. The van der Waals surface area contributed by atoms with E-state index in [0.717, 1.165) is 31.2 Å². The number of nitrogens with one attached hydrogen (secondary N) is 1.